The van der Waals surface area contributed by atoms with Crippen molar-refractivity contribution in [1.82, 2.24) is 10.2 Å². The molecule has 1 aromatic carbocycles. The summed E-state index contributed by atoms with van der Waals surface area (Å²) in [4.78, 5) is 4.40. The third kappa shape index (κ3) is 3.62. The van der Waals surface area contributed by atoms with Gasteiger partial charge in [0.05, 0.1) is 11.8 Å². The Morgan fingerprint density at radius 3 is 2.73 bits per heavy atom. The number of hydrogen-bond acceptors (Lipinski definition) is 4. The lowest BCUT2D eigenvalue weighted by molar-refractivity contribution is 0.113. The quantitative estimate of drug-likeness (QED) is 0.824. The Balaban J connectivity index is 1.46. The topological polar surface area (TPSA) is 48.0 Å². The average Bonchev–Trinajstić information content (AvgIpc) is 3.07. The van der Waals surface area contributed by atoms with Gasteiger partial charge in [-0.2, -0.15) is 0 Å². The Morgan fingerprint density at radius 2 is 2.05 bits per heavy atom. The van der Waals surface area contributed by atoms with Gasteiger partial charge in [0.2, 0.25) is 0 Å². The second-order valence-corrected chi connectivity index (χ2v) is 6.17. The van der Waals surface area contributed by atoms with Crippen molar-refractivity contribution in [1.29, 1.82) is 0 Å². The van der Waals surface area contributed by atoms with E-state index in [1.807, 2.05) is 18.2 Å². The fourth-order valence-electron chi connectivity index (χ4n) is 3.00. The lowest BCUT2D eigenvalue weighted by atomic mass is 10.2. The van der Waals surface area contributed by atoms with Crippen LogP contribution in [0.15, 0.2) is 24.3 Å². The van der Waals surface area contributed by atoms with Crippen LogP contribution < -0.4 is 10.2 Å². The predicted molar refractivity (Wildman–Crippen MR) is 91.5 cm³/mol. The molecular formula is C16H23N3O2S. The lowest BCUT2D eigenvalue weighted by Gasteiger charge is -2.37. The third-order valence-electron chi connectivity index (χ3n) is 4.29. The summed E-state index contributed by atoms with van der Waals surface area (Å²) in [6, 6.07) is 7.49. The molecule has 2 fully saturated rings. The molecule has 0 spiro atoms. The standard InChI is InChI=1S/C16H23N3O2S/c20-15-6-2-1-5-14(15)18-7-9-19(10-8-18)16(22)17-12-13-4-3-11-21-13/h1-2,5-6,13,20H,3-4,7-12H2,(H,17,22)/t13-/m0/s1. The van der Waals surface area contributed by atoms with Gasteiger partial charge in [-0.05, 0) is 37.2 Å². The first kappa shape index (κ1) is 15.4. The number of anilines is 1. The maximum atomic E-state index is 9.94. The van der Waals surface area contributed by atoms with E-state index in [1.54, 1.807) is 6.07 Å². The Kier molecular flexibility index (Phi) is 5.00. The molecule has 0 amide bonds. The number of benzene rings is 1. The lowest BCUT2D eigenvalue weighted by Crippen LogP contribution is -2.52. The fraction of sp³-hybridized carbons (Fsp3) is 0.562. The maximum absolute atomic E-state index is 9.94. The number of phenolic OH excluding ortho intramolecular Hbond substituents is 1. The molecular weight excluding hydrogens is 298 g/mol. The van der Waals surface area contributed by atoms with E-state index in [4.69, 9.17) is 17.0 Å². The Hall–Kier alpha value is -1.53. The van der Waals surface area contributed by atoms with Gasteiger partial charge in [0.25, 0.3) is 0 Å². The highest BCUT2D eigenvalue weighted by molar-refractivity contribution is 7.80. The normalized spacial score (nSPS) is 21.9. The van der Waals surface area contributed by atoms with Crippen LogP contribution in [0.3, 0.4) is 0 Å². The Morgan fingerprint density at radius 1 is 1.27 bits per heavy atom. The molecule has 2 N–H and O–H groups in total. The summed E-state index contributed by atoms with van der Waals surface area (Å²) in [5, 5.41) is 14.1. The number of phenols is 1. The largest absolute Gasteiger partial charge is 0.506 e. The van der Waals surface area contributed by atoms with Crippen LogP contribution in [-0.4, -0.2) is 60.6 Å². The van der Waals surface area contributed by atoms with Crippen molar-refractivity contribution in [3.8, 4) is 5.75 Å². The summed E-state index contributed by atoms with van der Waals surface area (Å²) in [5.41, 5.74) is 0.903. The van der Waals surface area contributed by atoms with Crippen LogP contribution in [0.5, 0.6) is 5.75 Å². The zero-order chi connectivity index (χ0) is 15.4. The highest BCUT2D eigenvalue weighted by Gasteiger charge is 2.22. The zero-order valence-electron chi connectivity index (χ0n) is 12.7. The SMILES string of the molecule is Oc1ccccc1N1CCN(C(=S)NC[C@@H]2CCCO2)CC1. The first-order valence-corrected chi connectivity index (χ1v) is 8.32. The van der Waals surface area contributed by atoms with Crippen molar-refractivity contribution in [2.45, 2.75) is 18.9 Å². The molecule has 1 atom stereocenters. The predicted octanol–water partition coefficient (Wildman–Crippen LogP) is 1.57. The molecule has 0 radical (unpaired) electrons. The molecule has 3 rings (SSSR count). The van der Waals surface area contributed by atoms with Crippen LogP contribution in [0.4, 0.5) is 5.69 Å². The van der Waals surface area contributed by atoms with Gasteiger partial charge in [-0.15, -0.1) is 0 Å². The smallest absolute Gasteiger partial charge is 0.169 e. The zero-order valence-corrected chi connectivity index (χ0v) is 13.5. The van der Waals surface area contributed by atoms with Gasteiger partial charge in [-0.3, -0.25) is 0 Å². The van der Waals surface area contributed by atoms with Gasteiger partial charge < -0.3 is 25.0 Å². The molecule has 2 aliphatic heterocycles. The Bertz CT molecular complexity index is 512. The number of aromatic hydroxyl groups is 1. The summed E-state index contributed by atoms with van der Waals surface area (Å²) in [6.07, 6.45) is 2.58. The van der Waals surface area contributed by atoms with E-state index >= 15 is 0 Å². The average molecular weight is 321 g/mol. The number of nitrogens with one attached hydrogen (secondary N) is 1. The highest BCUT2D eigenvalue weighted by atomic mass is 32.1. The molecule has 0 aromatic heterocycles. The van der Waals surface area contributed by atoms with E-state index < -0.39 is 0 Å². The van der Waals surface area contributed by atoms with E-state index in [0.717, 1.165) is 63.0 Å². The molecule has 2 heterocycles. The van der Waals surface area contributed by atoms with Crippen molar-refractivity contribution in [2.75, 3.05) is 44.2 Å². The minimum absolute atomic E-state index is 0.306. The summed E-state index contributed by atoms with van der Waals surface area (Å²) in [7, 11) is 0. The van der Waals surface area contributed by atoms with Crippen LogP contribution >= 0.6 is 12.2 Å². The van der Waals surface area contributed by atoms with Crippen LogP contribution in [0, 0.1) is 0 Å². The van der Waals surface area contributed by atoms with Crippen molar-refractivity contribution < 1.29 is 9.84 Å². The molecule has 2 saturated heterocycles. The summed E-state index contributed by atoms with van der Waals surface area (Å²) >= 11 is 5.48. The van der Waals surface area contributed by atoms with Crippen molar-refractivity contribution >= 4 is 23.0 Å². The molecule has 5 nitrogen and oxygen atoms in total. The molecule has 22 heavy (non-hydrogen) atoms. The van der Waals surface area contributed by atoms with Gasteiger partial charge in [-0.25, -0.2) is 0 Å². The second kappa shape index (κ2) is 7.15. The van der Waals surface area contributed by atoms with E-state index in [-0.39, 0.29) is 0 Å². The van der Waals surface area contributed by atoms with Gasteiger partial charge in [0, 0.05) is 39.3 Å². The second-order valence-electron chi connectivity index (χ2n) is 5.78. The minimum atomic E-state index is 0.306. The molecule has 0 saturated carbocycles. The van der Waals surface area contributed by atoms with Crippen molar-refractivity contribution in [3.05, 3.63) is 24.3 Å². The number of nitrogens with zero attached hydrogens (tertiary/aromatic N) is 2. The van der Waals surface area contributed by atoms with E-state index in [2.05, 4.69) is 15.1 Å². The van der Waals surface area contributed by atoms with Crippen LogP contribution in [-0.2, 0) is 4.74 Å². The minimum Gasteiger partial charge on any atom is -0.506 e. The summed E-state index contributed by atoms with van der Waals surface area (Å²) in [6.45, 7) is 5.13. The van der Waals surface area contributed by atoms with Crippen molar-refractivity contribution in [3.63, 3.8) is 0 Å². The number of hydrogen-bond donors (Lipinski definition) is 2. The monoisotopic (exact) mass is 321 g/mol. The van der Waals surface area contributed by atoms with Gasteiger partial charge in [-0.1, -0.05) is 12.1 Å². The maximum Gasteiger partial charge on any atom is 0.169 e. The number of rotatable bonds is 3. The van der Waals surface area contributed by atoms with E-state index in [9.17, 15) is 5.11 Å². The van der Waals surface area contributed by atoms with Crippen molar-refractivity contribution in [2.24, 2.45) is 0 Å². The third-order valence-corrected chi connectivity index (χ3v) is 4.70. The van der Waals surface area contributed by atoms with Crippen LogP contribution in [0.25, 0.3) is 0 Å². The molecule has 1 aromatic rings. The highest BCUT2D eigenvalue weighted by Crippen LogP contribution is 2.27. The first-order chi connectivity index (χ1) is 10.7. The number of para-hydroxylation sites is 2. The van der Waals surface area contributed by atoms with Crippen LogP contribution in [0.1, 0.15) is 12.8 Å². The summed E-state index contributed by atoms with van der Waals surface area (Å²) < 4.78 is 5.60. The van der Waals surface area contributed by atoms with E-state index in [1.165, 1.54) is 0 Å². The van der Waals surface area contributed by atoms with Gasteiger partial charge >= 0.3 is 0 Å². The molecule has 0 aliphatic carbocycles. The Labute approximate surface area is 136 Å². The van der Waals surface area contributed by atoms with Gasteiger partial charge in [0.15, 0.2) is 5.11 Å². The molecule has 6 heteroatoms. The first-order valence-electron chi connectivity index (χ1n) is 7.91. The number of ether oxygens (including phenoxy) is 1. The molecule has 0 bridgehead atoms. The fourth-order valence-corrected chi connectivity index (χ4v) is 3.27. The number of thiocarbonyl (C=S) groups is 1. The van der Waals surface area contributed by atoms with Gasteiger partial charge in [0.1, 0.15) is 5.75 Å². The molecule has 2 aliphatic rings. The summed E-state index contributed by atoms with van der Waals surface area (Å²) in [5.74, 6) is 0.343. The molecule has 0 unspecified atom stereocenters. The number of piperazine rings is 1. The van der Waals surface area contributed by atoms with Crippen LogP contribution in [0.2, 0.25) is 0 Å². The van der Waals surface area contributed by atoms with E-state index in [0.29, 0.717) is 11.9 Å². The molecule has 120 valence electrons.